The van der Waals surface area contributed by atoms with Crippen LogP contribution in [0.25, 0.3) is 0 Å². The number of phenols is 3. The third kappa shape index (κ3) is 2.80. The topological polar surface area (TPSA) is 157 Å². The van der Waals surface area contributed by atoms with Crippen molar-refractivity contribution in [3.05, 3.63) is 47.5 Å². The maximum absolute atomic E-state index is 12.1. The van der Waals surface area contributed by atoms with Gasteiger partial charge in [-0.25, -0.2) is 4.79 Å². The van der Waals surface area contributed by atoms with Gasteiger partial charge in [0.15, 0.2) is 17.2 Å². The van der Waals surface area contributed by atoms with E-state index in [0.717, 1.165) is 12.1 Å². The van der Waals surface area contributed by atoms with Crippen LogP contribution in [0.3, 0.4) is 0 Å². The first-order valence-electron chi connectivity index (χ1n) is 7.05. The predicted molar refractivity (Wildman–Crippen MR) is 79.7 cm³/mol. The van der Waals surface area contributed by atoms with E-state index in [1.807, 2.05) is 0 Å². The average molecular weight is 350 g/mol. The van der Waals surface area contributed by atoms with Gasteiger partial charge in [0, 0.05) is 12.0 Å². The summed E-state index contributed by atoms with van der Waals surface area (Å²) < 4.78 is 9.73. The van der Waals surface area contributed by atoms with E-state index in [2.05, 4.69) is 4.74 Å². The number of carbonyl (C=O) groups is 1. The molecule has 0 bridgehead atoms. The molecule has 2 aromatic rings. The second-order valence-corrected chi connectivity index (χ2v) is 5.54. The van der Waals surface area contributed by atoms with Gasteiger partial charge in [0.2, 0.25) is 0 Å². The molecule has 2 aromatic carbocycles. The summed E-state index contributed by atoms with van der Waals surface area (Å²) in [5.74, 6) is -9.84. The minimum atomic E-state index is -3.14. The van der Waals surface area contributed by atoms with Crippen LogP contribution in [-0.4, -0.2) is 48.4 Å². The third-order valence-corrected chi connectivity index (χ3v) is 3.70. The predicted octanol–water partition coefficient (Wildman–Crippen LogP) is -0.0777. The monoisotopic (exact) mass is 350 g/mol. The third-order valence-electron chi connectivity index (χ3n) is 3.70. The van der Waals surface area contributed by atoms with Crippen molar-refractivity contribution in [1.29, 1.82) is 0 Å². The molecule has 1 heterocycles. The Morgan fingerprint density at radius 1 is 1.04 bits per heavy atom. The second-order valence-electron chi connectivity index (χ2n) is 5.54. The first kappa shape index (κ1) is 16.8. The number of fused-ring (bicyclic) bond motifs is 1. The number of benzene rings is 2. The molecule has 0 aromatic heterocycles. The quantitative estimate of drug-likeness (QED) is 0.248. The lowest BCUT2D eigenvalue weighted by Gasteiger charge is -2.41. The Morgan fingerprint density at radius 3 is 2.28 bits per heavy atom. The first-order chi connectivity index (χ1) is 11.6. The summed E-state index contributed by atoms with van der Waals surface area (Å²) in [6, 6.07) is 7.67. The molecule has 0 spiro atoms. The molecule has 0 aliphatic carbocycles. The molecular weight excluding hydrogens is 336 g/mol. The maximum Gasteiger partial charge on any atom is 0.429 e. The molecule has 0 radical (unpaired) electrons. The zero-order valence-electron chi connectivity index (χ0n) is 12.6. The van der Waals surface area contributed by atoms with Crippen LogP contribution in [0.4, 0.5) is 0 Å². The molecule has 1 aliphatic rings. The van der Waals surface area contributed by atoms with Gasteiger partial charge in [-0.1, -0.05) is 18.2 Å². The summed E-state index contributed by atoms with van der Waals surface area (Å²) in [6.07, 6.45) is -0.487. The number of aliphatic hydroxyl groups is 3. The van der Waals surface area contributed by atoms with Crippen LogP contribution in [0.1, 0.15) is 15.9 Å². The lowest BCUT2D eigenvalue weighted by molar-refractivity contribution is -0.433. The molecule has 0 amide bonds. The van der Waals surface area contributed by atoms with E-state index in [1.165, 1.54) is 12.1 Å². The Labute approximate surface area is 140 Å². The number of hydrogen-bond acceptors (Lipinski definition) is 9. The summed E-state index contributed by atoms with van der Waals surface area (Å²) in [7, 11) is 0. The van der Waals surface area contributed by atoms with Crippen LogP contribution >= 0.6 is 0 Å². The van der Waals surface area contributed by atoms with Gasteiger partial charge in [-0.3, -0.25) is 0 Å². The zero-order valence-corrected chi connectivity index (χ0v) is 12.6. The number of aromatic hydroxyl groups is 3. The molecule has 25 heavy (non-hydrogen) atoms. The first-order valence-corrected chi connectivity index (χ1v) is 7.05. The van der Waals surface area contributed by atoms with E-state index in [9.17, 15) is 35.4 Å². The van der Waals surface area contributed by atoms with Gasteiger partial charge < -0.3 is 40.1 Å². The van der Waals surface area contributed by atoms with Crippen molar-refractivity contribution in [2.45, 2.75) is 18.2 Å². The summed E-state index contributed by atoms with van der Waals surface area (Å²) in [6.45, 7) is 0. The normalized spacial score (nSPS) is 21.1. The van der Waals surface area contributed by atoms with E-state index < -0.39 is 47.0 Å². The van der Waals surface area contributed by atoms with Gasteiger partial charge in [0.05, 0.1) is 5.56 Å². The molecule has 0 fully saturated rings. The number of phenolic OH excluding ortho intramolecular Hbond substituents is 3. The highest BCUT2D eigenvalue weighted by Crippen LogP contribution is 2.39. The van der Waals surface area contributed by atoms with E-state index >= 15 is 0 Å². The summed E-state index contributed by atoms with van der Waals surface area (Å²) in [5.41, 5.74) is -0.104. The number of hydrogen-bond donors (Lipinski definition) is 6. The Kier molecular flexibility index (Phi) is 3.72. The van der Waals surface area contributed by atoms with Crippen LogP contribution in [0.5, 0.6) is 23.0 Å². The highest BCUT2D eigenvalue weighted by Gasteiger charge is 2.59. The van der Waals surface area contributed by atoms with Gasteiger partial charge in [0.1, 0.15) is 5.75 Å². The highest BCUT2D eigenvalue weighted by molar-refractivity contribution is 5.91. The van der Waals surface area contributed by atoms with Gasteiger partial charge in [-0.05, 0) is 18.2 Å². The van der Waals surface area contributed by atoms with E-state index in [0.29, 0.717) is 5.56 Å². The molecule has 1 unspecified atom stereocenters. The largest absolute Gasteiger partial charge is 0.504 e. The van der Waals surface area contributed by atoms with Crippen molar-refractivity contribution in [2.75, 3.05) is 0 Å². The summed E-state index contributed by atoms with van der Waals surface area (Å²) in [4.78, 5) is 12.1. The summed E-state index contributed by atoms with van der Waals surface area (Å²) >= 11 is 0. The molecule has 1 aliphatic heterocycles. The fourth-order valence-corrected chi connectivity index (χ4v) is 2.37. The molecule has 0 saturated carbocycles. The number of ether oxygens (including phenoxy) is 2. The van der Waals surface area contributed by atoms with Crippen molar-refractivity contribution in [1.82, 2.24) is 0 Å². The van der Waals surface area contributed by atoms with Crippen LogP contribution in [0.15, 0.2) is 36.4 Å². The van der Waals surface area contributed by atoms with Crippen LogP contribution < -0.4 is 4.74 Å². The van der Waals surface area contributed by atoms with Crippen molar-refractivity contribution in [3.63, 3.8) is 0 Å². The minimum absolute atomic E-state index is 0.0768. The second kappa shape index (κ2) is 5.52. The molecule has 6 N–H and O–H groups in total. The Hall–Kier alpha value is -3.01. The van der Waals surface area contributed by atoms with Crippen molar-refractivity contribution in [2.24, 2.45) is 0 Å². The summed E-state index contributed by atoms with van der Waals surface area (Å²) in [5, 5.41) is 58.6. The SMILES string of the molecule is O=C(OC1(O)Oc2ccccc2CC1(O)O)c1cc(O)c(O)c(O)c1. The molecule has 9 heteroatoms. The van der Waals surface area contributed by atoms with Crippen LogP contribution in [0, 0.1) is 0 Å². The van der Waals surface area contributed by atoms with Gasteiger partial charge in [-0.2, -0.15) is 0 Å². The molecular formula is C16H14O9. The van der Waals surface area contributed by atoms with Crippen molar-refractivity contribution >= 4 is 5.97 Å². The van der Waals surface area contributed by atoms with Gasteiger partial charge in [0.25, 0.3) is 5.79 Å². The van der Waals surface area contributed by atoms with Crippen molar-refractivity contribution in [3.8, 4) is 23.0 Å². The van der Waals surface area contributed by atoms with E-state index in [4.69, 9.17) is 4.74 Å². The van der Waals surface area contributed by atoms with Crippen LogP contribution in [-0.2, 0) is 11.2 Å². The molecule has 0 saturated heterocycles. The number of esters is 1. The lowest BCUT2D eigenvalue weighted by Crippen LogP contribution is -2.64. The molecule has 9 nitrogen and oxygen atoms in total. The number of carbonyl (C=O) groups excluding carboxylic acids is 1. The maximum atomic E-state index is 12.1. The fraction of sp³-hybridized carbons (Fsp3) is 0.188. The van der Waals surface area contributed by atoms with E-state index in [1.54, 1.807) is 12.1 Å². The highest BCUT2D eigenvalue weighted by atomic mass is 16.9. The smallest absolute Gasteiger partial charge is 0.429 e. The zero-order chi connectivity index (χ0) is 18.4. The molecule has 3 rings (SSSR count). The molecule has 132 valence electrons. The van der Waals surface area contributed by atoms with Crippen molar-refractivity contribution < 1.29 is 44.9 Å². The standard InChI is InChI=1S/C16H14O9/c17-10-5-9(6-11(18)13(10)19)14(20)25-16(23)15(21,22)7-8-3-1-2-4-12(8)24-16/h1-6,17-19,21-23H,7H2. The van der Waals surface area contributed by atoms with E-state index in [-0.39, 0.29) is 5.75 Å². The van der Waals surface area contributed by atoms with Gasteiger partial charge in [-0.15, -0.1) is 0 Å². The number of para-hydroxylation sites is 1. The Bertz CT molecular complexity index is 822. The Balaban J connectivity index is 1.92. The Morgan fingerprint density at radius 2 is 1.64 bits per heavy atom. The average Bonchev–Trinajstić information content (AvgIpc) is 2.52. The fourth-order valence-electron chi connectivity index (χ4n) is 2.37. The number of rotatable bonds is 2. The minimum Gasteiger partial charge on any atom is -0.504 e. The van der Waals surface area contributed by atoms with Gasteiger partial charge >= 0.3 is 11.9 Å². The molecule has 1 atom stereocenters. The lowest BCUT2D eigenvalue weighted by atomic mass is 9.99. The van der Waals surface area contributed by atoms with Crippen LogP contribution in [0.2, 0.25) is 0 Å².